The monoisotopic (exact) mass is 343 g/mol. The van der Waals surface area contributed by atoms with Gasteiger partial charge in [0.1, 0.15) is 6.33 Å². The van der Waals surface area contributed by atoms with Gasteiger partial charge in [0.25, 0.3) is 0 Å². The third-order valence-corrected chi connectivity index (χ3v) is 1.04. The SMILES string of the molecule is CC.CC.CC.CC.CO.CO.c1ccncc1.c1cncnc1. The molecule has 0 aliphatic rings. The second-order valence-electron chi connectivity index (χ2n) is 1.93. The lowest BCUT2D eigenvalue weighted by Crippen LogP contribution is -1.66. The molecule has 2 aromatic rings. The van der Waals surface area contributed by atoms with E-state index >= 15 is 0 Å². The number of rotatable bonds is 0. The molecule has 5 nitrogen and oxygen atoms in total. The molecule has 0 unspecified atom stereocenters. The molecule has 0 radical (unpaired) electrons. The molecule has 0 atom stereocenters. The molecule has 144 valence electrons. The predicted molar refractivity (Wildman–Crippen MR) is 108 cm³/mol. The summed E-state index contributed by atoms with van der Waals surface area (Å²) in [5.74, 6) is 0. The van der Waals surface area contributed by atoms with E-state index in [1.807, 2.05) is 73.6 Å². The minimum atomic E-state index is 1.00. The van der Waals surface area contributed by atoms with Crippen molar-refractivity contribution in [3.05, 3.63) is 55.4 Å². The maximum absolute atomic E-state index is 7.00. The van der Waals surface area contributed by atoms with Crippen LogP contribution < -0.4 is 0 Å². The van der Waals surface area contributed by atoms with Crippen LogP contribution in [0.1, 0.15) is 55.4 Å². The second kappa shape index (κ2) is 83.4. The predicted octanol–water partition coefficient (Wildman–Crippen LogP) is 4.88. The van der Waals surface area contributed by atoms with E-state index in [4.69, 9.17) is 10.2 Å². The number of pyridine rings is 1. The number of aliphatic hydroxyl groups excluding tert-OH is 2. The van der Waals surface area contributed by atoms with Gasteiger partial charge in [-0.2, -0.15) is 0 Å². The standard InChI is InChI=1S/C5H5N.C4H4N2.4C2H6.2CH4O/c1-2-4-6-5-3-1;1-2-5-4-6-3-1;6*1-2/h1-5H;1-4H;4*1-2H3;2*2H,1H3. The fourth-order valence-electron chi connectivity index (χ4n) is 0.566. The molecule has 0 saturated carbocycles. The Hall–Kier alpha value is -1.85. The smallest absolute Gasteiger partial charge is 0.115 e. The molecule has 0 aliphatic heterocycles. The van der Waals surface area contributed by atoms with Gasteiger partial charge in [-0.15, -0.1) is 0 Å². The average Bonchev–Trinajstić information content (AvgIpc) is 2.79. The van der Waals surface area contributed by atoms with Crippen molar-refractivity contribution in [3.63, 3.8) is 0 Å². The lowest BCUT2D eigenvalue weighted by molar-refractivity contribution is 0.399. The van der Waals surface area contributed by atoms with Crippen molar-refractivity contribution in [2.45, 2.75) is 55.4 Å². The van der Waals surface area contributed by atoms with Gasteiger partial charge in [0.15, 0.2) is 0 Å². The summed E-state index contributed by atoms with van der Waals surface area (Å²) in [6, 6.07) is 7.49. The van der Waals surface area contributed by atoms with Gasteiger partial charge in [0, 0.05) is 39.0 Å². The van der Waals surface area contributed by atoms with Gasteiger partial charge in [0.05, 0.1) is 0 Å². The first-order valence-electron chi connectivity index (χ1n) is 8.44. The van der Waals surface area contributed by atoms with E-state index in [-0.39, 0.29) is 0 Å². The van der Waals surface area contributed by atoms with E-state index in [1.54, 1.807) is 30.9 Å². The zero-order valence-corrected chi connectivity index (χ0v) is 17.4. The molecule has 0 fully saturated rings. The third kappa shape index (κ3) is 71.7. The van der Waals surface area contributed by atoms with Crippen molar-refractivity contribution in [2.24, 2.45) is 0 Å². The first-order valence-corrected chi connectivity index (χ1v) is 8.44. The fourth-order valence-corrected chi connectivity index (χ4v) is 0.566. The van der Waals surface area contributed by atoms with Gasteiger partial charge in [-0.05, 0) is 18.2 Å². The van der Waals surface area contributed by atoms with Crippen LogP contribution in [0.25, 0.3) is 0 Å². The Morgan fingerprint density at radius 1 is 0.417 bits per heavy atom. The number of hydrogen-bond donors (Lipinski definition) is 2. The Kier molecular flexibility index (Phi) is 132. The summed E-state index contributed by atoms with van der Waals surface area (Å²) in [6.07, 6.45) is 8.38. The lowest BCUT2D eigenvalue weighted by Gasteiger charge is -1.70. The van der Waals surface area contributed by atoms with Crippen molar-refractivity contribution in [1.29, 1.82) is 0 Å². The molecule has 24 heavy (non-hydrogen) atoms. The highest BCUT2D eigenvalue weighted by Crippen LogP contribution is 1.73. The molecule has 0 saturated heterocycles. The third-order valence-electron chi connectivity index (χ3n) is 1.04. The zero-order valence-electron chi connectivity index (χ0n) is 17.4. The van der Waals surface area contributed by atoms with Gasteiger partial charge >= 0.3 is 0 Å². The van der Waals surface area contributed by atoms with Crippen LogP contribution in [0.4, 0.5) is 0 Å². The minimum Gasteiger partial charge on any atom is -0.400 e. The van der Waals surface area contributed by atoms with Crippen molar-refractivity contribution >= 4 is 0 Å². The normalized spacial score (nSPS) is 5.50. The van der Waals surface area contributed by atoms with Crippen LogP contribution >= 0.6 is 0 Å². The number of hydrogen-bond acceptors (Lipinski definition) is 5. The Labute approximate surface area is 150 Å². The van der Waals surface area contributed by atoms with Crippen molar-refractivity contribution in [3.8, 4) is 0 Å². The second-order valence-corrected chi connectivity index (χ2v) is 1.93. The molecule has 0 bridgehead atoms. The summed E-state index contributed by atoms with van der Waals surface area (Å²) in [4.78, 5) is 11.1. The van der Waals surface area contributed by atoms with Crippen molar-refractivity contribution in [2.75, 3.05) is 14.2 Å². The highest BCUT2D eigenvalue weighted by atomic mass is 16.2. The summed E-state index contributed by atoms with van der Waals surface area (Å²) in [6.45, 7) is 16.0. The van der Waals surface area contributed by atoms with Gasteiger partial charge in [0.2, 0.25) is 0 Å². The molecule has 2 N–H and O–H groups in total. The van der Waals surface area contributed by atoms with E-state index in [0.717, 1.165) is 14.2 Å². The number of aliphatic hydroxyl groups is 2. The van der Waals surface area contributed by atoms with Gasteiger partial charge < -0.3 is 10.2 Å². The molecule has 2 rings (SSSR count). The molecule has 5 heteroatoms. The number of aromatic nitrogens is 3. The molecular formula is C19H41N3O2. The quantitative estimate of drug-likeness (QED) is 0.712. The van der Waals surface area contributed by atoms with Crippen LogP contribution in [0.3, 0.4) is 0 Å². The summed E-state index contributed by atoms with van der Waals surface area (Å²) in [7, 11) is 2.00. The van der Waals surface area contributed by atoms with Crippen LogP contribution in [-0.4, -0.2) is 39.4 Å². The van der Waals surface area contributed by atoms with Crippen LogP contribution in [0.2, 0.25) is 0 Å². The van der Waals surface area contributed by atoms with Crippen molar-refractivity contribution < 1.29 is 10.2 Å². The van der Waals surface area contributed by atoms with Crippen LogP contribution in [0, 0.1) is 0 Å². The van der Waals surface area contributed by atoms with E-state index in [2.05, 4.69) is 15.0 Å². The van der Waals surface area contributed by atoms with E-state index in [0.29, 0.717) is 0 Å². The van der Waals surface area contributed by atoms with Gasteiger partial charge in [-0.25, -0.2) is 9.97 Å². The summed E-state index contributed by atoms with van der Waals surface area (Å²) >= 11 is 0. The molecule has 0 aliphatic carbocycles. The van der Waals surface area contributed by atoms with E-state index < -0.39 is 0 Å². The Bertz CT molecular complexity index is 198. The van der Waals surface area contributed by atoms with Crippen molar-refractivity contribution in [1.82, 2.24) is 15.0 Å². The maximum Gasteiger partial charge on any atom is 0.115 e. The number of nitrogens with zero attached hydrogens (tertiary/aromatic N) is 3. The Balaban J connectivity index is -0.0000000423. The molecule has 2 aromatic heterocycles. The minimum absolute atomic E-state index is 1.00. The van der Waals surface area contributed by atoms with Crippen LogP contribution in [0.15, 0.2) is 55.4 Å². The zero-order chi connectivity index (χ0) is 20.5. The van der Waals surface area contributed by atoms with Gasteiger partial charge in [-0.3, -0.25) is 4.98 Å². The van der Waals surface area contributed by atoms with E-state index in [9.17, 15) is 0 Å². The summed E-state index contributed by atoms with van der Waals surface area (Å²) in [5.41, 5.74) is 0. The van der Waals surface area contributed by atoms with Crippen LogP contribution in [-0.2, 0) is 0 Å². The average molecular weight is 344 g/mol. The van der Waals surface area contributed by atoms with E-state index in [1.165, 1.54) is 6.33 Å². The summed E-state index contributed by atoms with van der Waals surface area (Å²) in [5, 5.41) is 14.0. The molecule has 0 spiro atoms. The molecule has 0 aromatic carbocycles. The largest absolute Gasteiger partial charge is 0.400 e. The summed E-state index contributed by atoms with van der Waals surface area (Å²) < 4.78 is 0. The lowest BCUT2D eigenvalue weighted by atomic mass is 10.5. The topological polar surface area (TPSA) is 79.1 Å². The highest BCUT2D eigenvalue weighted by Gasteiger charge is 1.59. The van der Waals surface area contributed by atoms with Crippen LogP contribution in [0.5, 0.6) is 0 Å². The Morgan fingerprint density at radius 2 is 0.708 bits per heavy atom. The van der Waals surface area contributed by atoms with Gasteiger partial charge in [-0.1, -0.05) is 61.5 Å². The molecule has 0 amide bonds. The highest BCUT2D eigenvalue weighted by molar-refractivity contribution is 4.88. The maximum atomic E-state index is 7.00. The molecule has 2 heterocycles. The fraction of sp³-hybridized carbons (Fsp3) is 0.526. The first kappa shape index (κ1) is 38.0. The Morgan fingerprint density at radius 3 is 0.792 bits per heavy atom. The molecular weight excluding hydrogens is 302 g/mol. The first-order chi connectivity index (χ1) is 12.0.